The van der Waals surface area contributed by atoms with E-state index in [9.17, 15) is 9.59 Å². The van der Waals surface area contributed by atoms with Crippen LogP contribution in [0.15, 0.2) is 60.9 Å². The van der Waals surface area contributed by atoms with Crippen molar-refractivity contribution in [1.29, 1.82) is 0 Å². The Labute approximate surface area is 217 Å². The minimum absolute atomic E-state index is 0.176. The van der Waals surface area contributed by atoms with Crippen molar-refractivity contribution >= 4 is 28.5 Å². The molecule has 4 aromatic rings. The lowest BCUT2D eigenvalue weighted by Crippen LogP contribution is -2.31. The van der Waals surface area contributed by atoms with Gasteiger partial charge >= 0.3 is 0 Å². The van der Waals surface area contributed by atoms with Crippen molar-refractivity contribution in [2.24, 2.45) is 5.92 Å². The average molecular weight is 500 g/mol. The molecule has 0 aliphatic heterocycles. The van der Waals surface area contributed by atoms with Gasteiger partial charge in [-0.05, 0) is 42.3 Å². The van der Waals surface area contributed by atoms with E-state index >= 15 is 0 Å². The summed E-state index contributed by atoms with van der Waals surface area (Å²) in [6.07, 6.45) is 3.70. The topological polar surface area (TPSA) is 99.3 Å². The molecule has 8 nitrogen and oxygen atoms in total. The van der Waals surface area contributed by atoms with Gasteiger partial charge in [0.25, 0.3) is 5.91 Å². The molecule has 2 amide bonds. The summed E-state index contributed by atoms with van der Waals surface area (Å²) in [6, 6.07) is 15.4. The zero-order valence-electron chi connectivity index (χ0n) is 21.9. The Bertz CT molecular complexity index is 1420. The Morgan fingerprint density at radius 1 is 1.05 bits per heavy atom. The molecule has 4 rings (SSSR count). The van der Waals surface area contributed by atoms with E-state index in [0.717, 1.165) is 45.6 Å². The van der Waals surface area contributed by atoms with E-state index < -0.39 is 0 Å². The third-order valence-electron chi connectivity index (χ3n) is 6.03. The van der Waals surface area contributed by atoms with E-state index in [2.05, 4.69) is 34.4 Å². The van der Waals surface area contributed by atoms with Crippen LogP contribution in [-0.4, -0.2) is 61.0 Å². The number of H-pyrrole nitrogens is 1. The average Bonchev–Trinajstić information content (AvgIpc) is 3.31. The van der Waals surface area contributed by atoms with Gasteiger partial charge in [0.15, 0.2) is 0 Å². The first-order chi connectivity index (χ1) is 17.8. The van der Waals surface area contributed by atoms with Crippen LogP contribution in [0.4, 0.5) is 5.69 Å². The lowest BCUT2D eigenvalue weighted by atomic mass is 9.99. The van der Waals surface area contributed by atoms with Crippen molar-refractivity contribution in [3.8, 4) is 28.0 Å². The second kappa shape index (κ2) is 11.3. The highest BCUT2D eigenvalue weighted by Crippen LogP contribution is 2.36. The first-order valence-electron chi connectivity index (χ1n) is 12.3. The fourth-order valence-electron chi connectivity index (χ4n) is 4.17. The maximum Gasteiger partial charge on any atom is 0.255 e. The van der Waals surface area contributed by atoms with Crippen molar-refractivity contribution in [1.82, 2.24) is 20.2 Å². The summed E-state index contributed by atoms with van der Waals surface area (Å²) in [4.78, 5) is 34.9. The predicted molar refractivity (Wildman–Crippen MR) is 148 cm³/mol. The van der Waals surface area contributed by atoms with E-state index in [1.165, 1.54) is 4.90 Å². The Kier molecular flexibility index (Phi) is 7.89. The first-order valence-corrected chi connectivity index (χ1v) is 12.3. The Balaban J connectivity index is 1.70. The van der Waals surface area contributed by atoms with Gasteiger partial charge in [0.05, 0.1) is 24.9 Å². The molecule has 0 spiro atoms. The number of hydrogen-bond donors (Lipinski definition) is 3. The molecule has 192 valence electrons. The predicted octanol–water partition coefficient (Wildman–Crippen LogP) is 4.79. The zero-order chi connectivity index (χ0) is 26.5. The highest BCUT2D eigenvalue weighted by molar-refractivity contribution is 6.05. The third-order valence-corrected chi connectivity index (χ3v) is 6.03. The molecule has 2 aromatic heterocycles. The van der Waals surface area contributed by atoms with E-state index in [0.29, 0.717) is 17.2 Å². The van der Waals surface area contributed by atoms with Gasteiger partial charge in [-0.2, -0.15) is 0 Å². The van der Waals surface area contributed by atoms with Crippen LogP contribution in [0.25, 0.3) is 33.3 Å². The molecule has 0 unspecified atom stereocenters. The van der Waals surface area contributed by atoms with Gasteiger partial charge in [0.2, 0.25) is 5.91 Å². The highest BCUT2D eigenvalue weighted by Gasteiger charge is 2.18. The Morgan fingerprint density at radius 3 is 2.57 bits per heavy atom. The number of ether oxygens (including phenoxy) is 1. The van der Waals surface area contributed by atoms with Crippen LogP contribution in [0.1, 0.15) is 24.2 Å². The van der Waals surface area contributed by atoms with Crippen molar-refractivity contribution in [2.45, 2.75) is 13.8 Å². The molecule has 2 heterocycles. The number of amides is 2. The molecule has 3 N–H and O–H groups in total. The van der Waals surface area contributed by atoms with Crippen molar-refractivity contribution < 1.29 is 14.3 Å². The molecule has 0 saturated carbocycles. The number of nitrogens with zero attached hydrogens (tertiary/aromatic N) is 2. The second-order valence-corrected chi connectivity index (χ2v) is 9.56. The van der Waals surface area contributed by atoms with Gasteiger partial charge in [0.1, 0.15) is 11.4 Å². The van der Waals surface area contributed by atoms with E-state index in [4.69, 9.17) is 4.74 Å². The lowest BCUT2D eigenvalue weighted by Gasteiger charge is -2.17. The number of aromatic nitrogens is 2. The highest BCUT2D eigenvalue weighted by atomic mass is 16.5. The number of benzene rings is 2. The maximum absolute atomic E-state index is 13.0. The number of pyridine rings is 1. The SMILES string of the molecule is COc1ccccc1-c1c[nH]c2ncc(-c3ccc(NC(=O)CNCC(C)C)c(C(=O)N(C)C)c3)cc12. The van der Waals surface area contributed by atoms with Crippen LogP contribution in [-0.2, 0) is 4.79 Å². The van der Waals surface area contributed by atoms with Gasteiger partial charge in [-0.1, -0.05) is 38.1 Å². The fourth-order valence-corrected chi connectivity index (χ4v) is 4.17. The van der Waals surface area contributed by atoms with Gasteiger partial charge in [-0.3, -0.25) is 9.59 Å². The van der Waals surface area contributed by atoms with Crippen molar-refractivity contribution in [3.05, 3.63) is 66.5 Å². The molecule has 0 aliphatic rings. The molecule has 0 radical (unpaired) electrons. The summed E-state index contributed by atoms with van der Waals surface area (Å²) in [5.41, 5.74) is 5.26. The molecule has 0 bridgehead atoms. The second-order valence-electron chi connectivity index (χ2n) is 9.56. The summed E-state index contributed by atoms with van der Waals surface area (Å²) in [5.74, 6) is 0.818. The summed E-state index contributed by atoms with van der Waals surface area (Å²) in [6.45, 7) is 5.07. The van der Waals surface area contributed by atoms with Gasteiger partial charge < -0.3 is 25.3 Å². The molecular formula is C29H33N5O3. The summed E-state index contributed by atoms with van der Waals surface area (Å²) < 4.78 is 5.56. The van der Waals surface area contributed by atoms with Crippen LogP contribution in [0.2, 0.25) is 0 Å². The number of hydrogen-bond acceptors (Lipinski definition) is 5. The molecule has 0 saturated heterocycles. The van der Waals surface area contributed by atoms with Crippen LogP contribution >= 0.6 is 0 Å². The Morgan fingerprint density at radius 2 is 1.84 bits per heavy atom. The maximum atomic E-state index is 13.0. The largest absolute Gasteiger partial charge is 0.496 e. The minimum atomic E-state index is -0.197. The number of aromatic amines is 1. The van der Waals surface area contributed by atoms with Gasteiger partial charge in [0, 0.05) is 48.6 Å². The van der Waals surface area contributed by atoms with Crippen molar-refractivity contribution in [3.63, 3.8) is 0 Å². The molecule has 37 heavy (non-hydrogen) atoms. The lowest BCUT2D eigenvalue weighted by molar-refractivity contribution is -0.115. The normalized spacial score (nSPS) is 11.1. The number of fused-ring (bicyclic) bond motifs is 1. The number of methoxy groups -OCH3 is 1. The van der Waals surface area contributed by atoms with E-state index in [1.54, 1.807) is 39.5 Å². The Hall–Kier alpha value is -4.17. The molecule has 0 aliphatic carbocycles. The number of para-hydroxylation sites is 1. The van der Waals surface area contributed by atoms with Crippen LogP contribution in [0.5, 0.6) is 5.75 Å². The molecule has 2 aromatic carbocycles. The first kappa shape index (κ1) is 25.9. The number of rotatable bonds is 9. The third kappa shape index (κ3) is 5.81. The van der Waals surface area contributed by atoms with Crippen molar-refractivity contribution in [2.75, 3.05) is 39.6 Å². The number of carbonyl (C=O) groups is 2. The molecular weight excluding hydrogens is 466 g/mol. The molecule has 0 atom stereocenters. The molecule has 0 fully saturated rings. The van der Waals surface area contributed by atoms with Gasteiger partial charge in [-0.15, -0.1) is 0 Å². The summed E-state index contributed by atoms with van der Waals surface area (Å²) >= 11 is 0. The van der Waals surface area contributed by atoms with E-state index in [1.807, 2.05) is 42.6 Å². The van der Waals surface area contributed by atoms with Crippen LogP contribution < -0.4 is 15.4 Å². The molecule has 8 heteroatoms. The monoisotopic (exact) mass is 499 g/mol. The smallest absolute Gasteiger partial charge is 0.255 e. The summed E-state index contributed by atoms with van der Waals surface area (Å²) in [5, 5.41) is 6.95. The zero-order valence-corrected chi connectivity index (χ0v) is 21.9. The number of anilines is 1. The minimum Gasteiger partial charge on any atom is -0.496 e. The fraction of sp³-hybridized carbons (Fsp3) is 0.276. The van der Waals surface area contributed by atoms with Crippen LogP contribution in [0.3, 0.4) is 0 Å². The van der Waals surface area contributed by atoms with Gasteiger partial charge in [-0.25, -0.2) is 4.98 Å². The summed E-state index contributed by atoms with van der Waals surface area (Å²) in [7, 11) is 5.04. The number of carbonyl (C=O) groups excluding carboxylic acids is 2. The number of nitrogens with one attached hydrogen (secondary N) is 3. The quantitative estimate of drug-likeness (QED) is 0.308. The van der Waals surface area contributed by atoms with E-state index in [-0.39, 0.29) is 18.4 Å². The van der Waals surface area contributed by atoms with Crippen LogP contribution in [0, 0.1) is 5.92 Å². The standard InChI is InChI=1S/C29H33N5O3/c1-18(2)14-30-17-27(35)33-25-11-10-19(12-23(25)29(36)34(3)4)20-13-22-24(16-32-28(22)31-15-20)21-8-6-7-9-26(21)37-5/h6-13,15-16,18,30H,14,17H2,1-5H3,(H,31,32)(H,33,35).